The summed E-state index contributed by atoms with van der Waals surface area (Å²) in [4.78, 5) is 5.39. The minimum atomic E-state index is -0.623. The molecule has 0 aliphatic rings. The summed E-state index contributed by atoms with van der Waals surface area (Å²) >= 11 is 7.29. The van der Waals surface area contributed by atoms with Crippen LogP contribution < -0.4 is 15.4 Å². The van der Waals surface area contributed by atoms with E-state index in [2.05, 4.69) is 15.6 Å². The van der Waals surface area contributed by atoms with E-state index in [0.29, 0.717) is 30.0 Å². The lowest BCUT2D eigenvalue weighted by Gasteiger charge is -2.14. The summed E-state index contributed by atoms with van der Waals surface area (Å²) in [5, 5.41) is 16.6. The number of rotatable bonds is 8. The van der Waals surface area contributed by atoms with Gasteiger partial charge < -0.3 is 20.5 Å². The molecule has 0 amide bonds. The standard InChI is InChI=1S/C18H24ClN3O2S/c1-3-20-18(22-12-15(23)16-8-9-17(19)25-16)21-11-13-6-5-7-14(10-13)24-4-2/h5-10,15,23H,3-4,11-12H2,1-2H3,(H2,20,21,22). The number of benzene rings is 1. The highest BCUT2D eigenvalue weighted by Crippen LogP contribution is 2.26. The molecule has 0 aliphatic carbocycles. The van der Waals surface area contributed by atoms with Gasteiger partial charge in [-0.2, -0.15) is 0 Å². The van der Waals surface area contributed by atoms with Crippen molar-refractivity contribution in [2.45, 2.75) is 26.5 Å². The van der Waals surface area contributed by atoms with Crippen LogP contribution in [-0.4, -0.2) is 30.8 Å². The molecule has 0 saturated heterocycles. The maximum atomic E-state index is 10.2. The molecule has 5 nitrogen and oxygen atoms in total. The van der Waals surface area contributed by atoms with Crippen LogP contribution in [0.2, 0.25) is 4.34 Å². The molecular formula is C18H24ClN3O2S. The van der Waals surface area contributed by atoms with Gasteiger partial charge >= 0.3 is 0 Å². The second-order valence-electron chi connectivity index (χ2n) is 5.31. The van der Waals surface area contributed by atoms with Gasteiger partial charge in [0.1, 0.15) is 11.9 Å². The second-order valence-corrected chi connectivity index (χ2v) is 7.06. The van der Waals surface area contributed by atoms with Crippen LogP contribution in [0.5, 0.6) is 5.75 Å². The molecule has 0 spiro atoms. The van der Waals surface area contributed by atoms with Gasteiger partial charge in [-0.1, -0.05) is 23.7 Å². The summed E-state index contributed by atoms with van der Waals surface area (Å²) in [5.74, 6) is 1.50. The Balaban J connectivity index is 1.94. The molecule has 1 aromatic carbocycles. The number of thiophene rings is 1. The van der Waals surface area contributed by atoms with Crippen LogP contribution in [0, 0.1) is 0 Å². The maximum absolute atomic E-state index is 10.2. The Morgan fingerprint density at radius 3 is 2.80 bits per heavy atom. The molecule has 1 unspecified atom stereocenters. The topological polar surface area (TPSA) is 65.9 Å². The molecule has 1 atom stereocenters. The van der Waals surface area contributed by atoms with Gasteiger partial charge in [0.25, 0.3) is 0 Å². The Morgan fingerprint density at radius 1 is 1.28 bits per heavy atom. The summed E-state index contributed by atoms with van der Waals surface area (Å²) in [5.41, 5.74) is 1.06. The quantitative estimate of drug-likeness (QED) is 0.483. The molecule has 0 radical (unpaired) electrons. The Hall–Kier alpha value is -1.76. The number of nitrogens with zero attached hydrogens (tertiary/aromatic N) is 1. The van der Waals surface area contributed by atoms with E-state index in [1.165, 1.54) is 11.3 Å². The zero-order valence-electron chi connectivity index (χ0n) is 14.5. The number of hydrogen-bond acceptors (Lipinski definition) is 4. The van der Waals surface area contributed by atoms with Gasteiger partial charge in [-0.25, -0.2) is 4.99 Å². The number of aliphatic hydroxyl groups excluding tert-OH is 1. The Kier molecular flexibility index (Phi) is 8.04. The predicted octanol–water partition coefficient (Wildman–Crippen LogP) is 3.59. The molecular weight excluding hydrogens is 358 g/mol. The van der Waals surface area contributed by atoms with E-state index in [4.69, 9.17) is 16.3 Å². The lowest BCUT2D eigenvalue weighted by Crippen LogP contribution is -2.39. The lowest BCUT2D eigenvalue weighted by atomic mass is 10.2. The van der Waals surface area contributed by atoms with Crippen molar-refractivity contribution in [3.8, 4) is 5.75 Å². The summed E-state index contributed by atoms with van der Waals surface area (Å²) in [6.45, 7) is 6.23. The number of guanidine groups is 1. The van der Waals surface area contributed by atoms with Crippen LogP contribution in [-0.2, 0) is 6.54 Å². The minimum Gasteiger partial charge on any atom is -0.494 e. The van der Waals surface area contributed by atoms with Gasteiger partial charge in [-0.15, -0.1) is 11.3 Å². The first-order chi connectivity index (χ1) is 12.1. The van der Waals surface area contributed by atoms with E-state index in [-0.39, 0.29) is 0 Å². The monoisotopic (exact) mass is 381 g/mol. The van der Waals surface area contributed by atoms with Crippen molar-refractivity contribution in [3.05, 3.63) is 51.2 Å². The van der Waals surface area contributed by atoms with Crippen LogP contribution in [0.4, 0.5) is 0 Å². The minimum absolute atomic E-state index is 0.363. The summed E-state index contributed by atoms with van der Waals surface area (Å²) in [6.07, 6.45) is -0.623. The Labute approximate surface area is 157 Å². The van der Waals surface area contributed by atoms with E-state index in [1.807, 2.05) is 44.2 Å². The average Bonchev–Trinajstić information content (AvgIpc) is 3.04. The van der Waals surface area contributed by atoms with E-state index in [9.17, 15) is 5.11 Å². The molecule has 0 saturated carbocycles. The normalized spacial score (nSPS) is 12.7. The molecule has 3 N–H and O–H groups in total. The molecule has 25 heavy (non-hydrogen) atoms. The third-order valence-electron chi connectivity index (χ3n) is 3.36. The van der Waals surface area contributed by atoms with Crippen molar-refractivity contribution in [2.24, 2.45) is 4.99 Å². The summed E-state index contributed by atoms with van der Waals surface area (Å²) in [7, 11) is 0. The highest BCUT2D eigenvalue weighted by molar-refractivity contribution is 7.16. The van der Waals surface area contributed by atoms with Crippen LogP contribution >= 0.6 is 22.9 Å². The van der Waals surface area contributed by atoms with Crippen molar-refractivity contribution in [3.63, 3.8) is 0 Å². The van der Waals surface area contributed by atoms with Crippen LogP contribution in [0.1, 0.15) is 30.4 Å². The molecule has 1 aromatic heterocycles. The van der Waals surface area contributed by atoms with E-state index in [0.717, 1.165) is 22.7 Å². The molecule has 0 fully saturated rings. The van der Waals surface area contributed by atoms with Gasteiger partial charge in [0.15, 0.2) is 5.96 Å². The number of nitrogens with one attached hydrogen (secondary N) is 2. The SMILES string of the molecule is CCNC(=NCc1cccc(OCC)c1)NCC(O)c1ccc(Cl)s1. The average molecular weight is 382 g/mol. The van der Waals surface area contributed by atoms with Gasteiger partial charge in [0.05, 0.1) is 17.5 Å². The fourth-order valence-electron chi connectivity index (χ4n) is 2.21. The molecule has 7 heteroatoms. The van der Waals surface area contributed by atoms with Crippen LogP contribution in [0.25, 0.3) is 0 Å². The fraction of sp³-hybridized carbons (Fsp3) is 0.389. The number of aliphatic imine (C=N–C) groups is 1. The Bertz CT molecular complexity index is 690. The third-order valence-corrected chi connectivity index (χ3v) is 4.69. The Morgan fingerprint density at radius 2 is 2.12 bits per heavy atom. The summed E-state index contributed by atoms with van der Waals surface area (Å²) < 4.78 is 6.18. The zero-order valence-corrected chi connectivity index (χ0v) is 16.0. The number of aliphatic hydroxyl groups is 1. The number of ether oxygens (including phenoxy) is 1. The first kappa shape index (κ1) is 19.6. The van der Waals surface area contributed by atoms with Crippen LogP contribution in [0.3, 0.4) is 0 Å². The molecule has 1 heterocycles. The molecule has 2 rings (SSSR count). The van der Waals surface area contributed by atoms with E-state index >= 15 is 0 Å². The van der Waals surface area contributed by atoms with Crippen molar-refractivity contribution < 1.29 is 9.84 Å². The van der Waals surface area contributed by atoms with Crippen molar-refractivity contribution in [1.29, 1.82) is 0 Å². The lowest BCUT2D eigenvalue weighted by molar-refractivity contribution is 0.184. The van der Waals surface area contributed by atoms with E-state index < -0.39 is 6.10 Å². The first-order valence-corrected chi connectivity index (χ1v) is 9.49. The first-order valence-electron chi connectivity index (χ1n) is 8.29. The number of halogens is 1. The summed E-state index contributed by atoms with van der Waals surface area (Å²) in [6, 6.07) is 11.5. The van der Waals surface area contributed by atoms with Crippen molar-refractivity contribution in [1.82, 2.24) is 10.6 Å². The van der Waals surface area contributed by atoms with E-state index in [1.54, 1.807) is 6.07 Å². The zero-order chi connectivity index (χ0) is 18.1. The third kappa shape index (κ3) is 6.57. The second kappa shape index (κ2) is 10.3. The molecule has 0 aliphatic heterocycles. The molecule has 2 aromatic rings. The van der Waals surface area contributed by atoms with Crippen molar-refractivity contribution in [2.75, 3.05) is 19.7 Å². The highest BCUT2D eigenvalue weighted by Gasteiger charge is 2.11. The highest BCUT2D eigenvalue weighted by atomic mass is 35.5. The smallest absolute Gasteiger partial charge is 0.191 e. The van der Waals surface area contributed by atoms with Gasteiger partial charge in [0.2, 0.25) is 0 Å². The molecule has 0 bridgehead atoms. The van der Waals surface area contributed by atoms with Gasteiger partial charge in [0, 0.05) is 18.0 Å². The van der Waals surface area contributed by atoms with Crippen LogP contribution in [0.15, 0.2) is 41.4 Å². The maximum Gasteiger partial charge on any atom is 0.191 e. The van der Waals surface area contributed by atoms with Gasteiger partial charge in [-0.05, 0) is 43.7 Å². The fourth-order valence-corrected chi connectivity index (χ4v) is 3.26. The van der Waals surface area contributed by atoms with Crippen molar-refractivity contribution >= 4 is 28.9 Å². The molecule has 136 valence electrons. The van der Waals surface area contributed by atoms with Gasteiger partial charge in [-0.3, -0.25) is 0 Å². The number of hydrogen-bond donors (Lipinski definition) is 3. The predicted molar refractivity (Wildman–Crippen MR) is 105 cm³/mol. The largest absolute Gasteiger partial charge is 0.494 e.